The summed E-state index contributed by atoms with van der Waals surface area (Å²) in [6.45, 7) is 8.08. The summed E-state index contributed by atoms with van der Waals surface area (Å²) in [4.78, 5) is 12.1. The monoisotopic (exact) mass is 267 g/mol. The van der Waals surface area contributed by atoms with Crippen LogP contribution in [0.15, 0.2) is 0 Å². The fourth-order valence-electron chi connectivity index (χ4n) is 2.39. The number of aryl methyl sites for hydroxylation is 2. The van der Waals surface area contributed by atoms with E-state index in [2.05, 4.69) is 24.3 Å². The van der Waals surface area contributed by atoms with Crippen LogP contribution in [0.3, 0.4) is 0 Å². The molecule has 0 aliphatic rings. The third kappa shape index (κ3) is 3.56. The second-order valence-corrected chi connectivity index (χ2v) is 5.02. The molecule has 0 aliphatic heterocycles. The van der Waals surface area contributed by atoms with Crippen LogP contribution in [0.1, 0.15) is 48.4 Å². The van der Waals surface area contributed by atoms with E-state index in [0.29, 0.717) is 12.1 Å². The maximum atomic E-state index is 12.1. The third-order valence-corrected chi connectivity index (χ3v) is 3.80. The molecule has 5 nitrogen and oxygen atoms in total. The number of hydrogen-bond acceptors (Lipinski definition) is 3. The van der Waals surface area contributed by atoms with E-state index in [1.165, 1.54) is 0 Å². The first-order chi connectivity index (χ1) is 8.92. The summed E-state index contributed by atoms with van der Waals surface area (Å²) in [7, 11) is 1.82. The van der Waals surface area contributed by atoms with E-state index in [0.717, 1.165) is 24.2 Å². The number of amides is 1. The zero-order chi connectivity index (χ0) is 14.6. The van der Waals surface area contributed by atoms with Crippen molar-refractivity contribution in [1.29, 1.82) is 0 Å². The van der Waals surface area contributed by atoms with Crippen LogP contribution in [-0.4, -0.2) is 33.4 Å². The van der Waals surface area contributed by atoms with Crippen molar-refractivity contribution in [2.24, 2.45) is 13.0 Å². The van der Waals surface area contributed by atoms with Crippen molar-refractivity contribution >= 4 is 5.91 Å². The van der Waals surface area contributed by atoms with Crippen LogP contribution in [0, 0.1) is 19.8 Å². The number of aliphatic hydroxyl groups excluding tert-OH is 1. The molecule has 1 aromatic heterocycles. The Kier molecular flexibility index (Phi) is 5.54. The molecule has 1 rings (SSSR count). The minimum absolute atomic E-state index is 0.159. The molecule has 1 atom stereocenters. The molecule has 0 spiro atoms. The van der Waals surface area contributed by atoms with Crippen LogP contribution >= 0.6 is 0 Å². The van der Waals surface area contributed by atoms with Crippen molar-refractivity contribution in [2.45, 2.75) is 46.6 Å². The average Bonchev–Trinajstić information content (AvgIpc) is 2.62. The molecule has 0 aliphatic carbocycles. The molecule has 0 saturated heterocycles. The highest BCUT2D eigenvalue weighted by atomic mass is 16.3. The molecule has 1 unspecified atom stereocenters. The minimum Gasteiger partial charge on any atom is -0.391 e. The van der Waals surface area contributed by atoms with E-state index in [9.17, 15) is 9.90 Å². The largest absolute Gasteiger partial charge is 0.391 e. The Hall–Kier alpha value is -1.36. The Morgan fingerprint density at radius 1 is 1.37 bits per heavy atom. The summed E-state index contributed by atoms with van der Waals surface area (Å²) in [5.74, 6) is 0.0736. The summed E-state index contributed by atoms with van der Waals surface area (Å²) in [6, 6.07) is 0. The topological polar surface area (TPSA) is 67.2 Å². The highest BCUT2D eigenvalue weighted by Gasteiger charge is 2.20. The molecule has 0 fully saturated rings. The molecule has 1 amide bonds. The molecule has 0 saturated carbocycles. The summed E-state index contributed by atoms with van der Waals surface area (Å²) in [6.07, 6.45) is 1.34. The molecule has 5 heteroatoms. The van der Waals surface area contributed by atoms with Gasteiger partial charge in [0.2, 0.25) is 0 Å². The molecule has 1 heterocycles. The lowest BCUT2D eigenvalue weighted by atomic mass is 9.96. The second-order valence-electron chi connectivity index (χ2n) is 5.02. The van der Waals surface area contributed by atoms with Crippen LogP contribution in [0.5, 0.6) is 0 Å². The van der Waals surface area contributed by atoms with Gasteiger partial charge in [0.25, 0.3) is 5.91 Å². The zero-order valence-electron chi connectivity index (χ0n) is 12.5. The SMILES string of the molecule is CCC(CC)C(O)CNC(=O)c1c(C)nn(C)c1C. The van der Waals surface area contributed by atoms with E-state index in [1.54, 1.807) is 4.68 Å². The van der Waals surface area contributed by atoms with Crippen molar-refractivity contribution in [3.63, 3.8) is 0 Å². The van der Waals surface area contributed by atoms with Gasteiger partial charge in [0.05, 0.1) is 17.4 Å². The number of aromatic nitrogens is 2. The summed E-state index contributed by atoms with van der Waals surface area (Å²) in [5, 5.41) is 17.0. The zero-order valence-corrected chi connectivity index (χ0v) is 12.5. The molecule has 2 N–H and O–H groups in total. The summed E-state index contributed by atoms with van der Waals surface area (Å²) >= 11 is 0. The van der Waals surface area contributed by atoms with Crippen LogP contribution in [0.4, 0.5) is 0 Å². The molecule has 1 aromatic rings. The highest BCUT2D eigenvalue weighted by molar-refractivity contribution is 5.96. The molecule has 0 bridgehead atoms. The average molecular weight is 267 g/mol. The first-order valence-corrected chi connectivity index (χ1v) is 6.88. The normalized spacial score (nSPS) is 12.8. The quantitative estimate of drug-likeness (QED) is 0.822. The third-order valence-electron chi connectivity index (χ3n) is 3.80. The van der Waals surface area contributed by atoms with Crippen LogP contribution in [-0.2, 0) is 7.05 Å². The van der Waals surface area contributed by atoms with E-state index in [4.69, 9.17) is 0 Å². The maximum absolute atomic E-state index is 12.1. The first kappa shape index (κ1) is 15.7. The molecule has 0 radical (unpaired) electrons. The smallest absolute Gasteiger partial charge is 0.255 e. The van der Waals surface area contributed by atoms with Gasteiger partial charge in [0, 0.05) is 19.3 Å². The lowest BCUT2D eigenvalue weighted by Crippen LogP contribution is -2.36. The van der Waals surface area contributed by atoms with Gasteiger partial charge in [-0.1, -0.05) is 26.7 Å². The van der Waals surface area contributed by atoms with Gasteiger partial charge in [-0.2, -0.15) is 5.10 Å². The van der Waals surface area contributed by atoms with Gasteiger partial charge in [0.1, 0.15) is 0 Å². The minimum atomic E-state index is -0.490. The van der Waals surface area contributed by atoms with Crippen LogP contribution in [0.25, 0.3) is 0 Å². The number of carbonyl (C=O) groups excluding carboxylic acids is 1. The predicted octanol–water partition coefficient (Wildman–Crippen LogP) is 1.56. The molecular formula is C14H25N3O2. The van der Waals surface area contributed by atoms with Gasteiger partial charge in [-0.05, 0) is 19.8 Å². The van der Waals surface area contributed by atoms with Crippen LogP contribution in [0.2, 0.25) is 0 Å². The number of nitrogens with zero attached hydrogens (tertiary/aromatic N) is 2. The summed E-state index contributed by atoms with van der Waals surface area (Å²) in [5.41, 5.74) is 2.17. The van der Waals surface area contributed by atoms with Crippen molar-refractivity contribution < 1.29 is 9.90 Å². The van der Waals surface area contributed by atoms with Crippen molar-refractivity contribution in [1.82, 2.24) is 15.1 Å². The van der Waals surface area contributed by atoms with Gasteiger partial charge >= 0.3 is 0 Å². The van der Waals surface area contributed by atoms with E-state index in [1.807, 2.05) is 20.9 Å². The molecule has 19 heavy (non-hydrogen) atoms. The molecule has 108 valence electrons. The van der Waals surface area contributed by atoms with E-state index in [-0.39, 0.29) is 11.8 Å². The number of aliphatic hydroxyl groups is 1. The molecule has 0 aromatic carbocycles. The Morgan fingerprint density at radius 2 is 1.95 bits per heavy atom. The van der Waals surface area contributed by atoms with Gasteiger partial charge in [0.15, 0.2) is 0 Å². The predicted molar refractivity (Wildman–Crippen MR) is 75.1 cm³/mol. The highest BCUT2D eigenvalue weighted by Crippen LogP contribution is 2.14. The lowest BCUT2D eigenvalue weighted by molar-refractivity contribution is 0.0815. The Labute approximate surface area is 115 Å². The second kappa shape index (κ2) is 6.70. The standard InChI is InChI=1S/C14H25N3O2/c1-6-11(7-2)12(18)8-15-14(19)13-9(3)16-17(5)10(13)4/h11-12,18H,6-8H2,1-5H3,(H,15,19). The molecular weight excluding hydrogens is 242 g/mol. The van der Waals surface area contributed by atoms with Gasteiger partial charge in [-0.3, -0.25) is 9.48 Å². The number of hydrogen-bond donors (Lipinski definition) is 2. The Balaban J connectivity index is 2.66. The Morgan fingerprint density at radius 3 is 2.37 bits per heavy atom. The summed E-state index contributed by atoms with van der Waals surface area (Å²) < 4.78 is 1.70. The van der Waals surface area contributed by atoms with Gasteiger partial charge < -0.3 is 10.4 Å². The number of nitrogens with one attached hydrogen (secondary N) is 1. The fraction of sp³-hybridized carbons (Fsp3) is 0.714. The first-order valence-electron chi connectivity index (χ1n) is 6.88. The van der Waals surface area contributed by atoms with Gasteiger partial charge in [-0.25, -0.2) is 0 Å². The number of carbonyl (C=O) groups is 1. The maximum Gasteiger partial charge on any atom is 0.255 e. The lowest BCUT2D eigenvalue weighted by Gasteiger charge is -2.20. The van der Waals surface area contributed by atoms with Crippen molar-refractivity contribution in [3.05, 3.63) is 17.0 Å². The Bertz CT molecular complexity index is 436. The number of rotatable bonds is 6. The van der Waals surface area contributed by atoms with Crippen LogP contribution < -0.4 is 5.32 Å². The van der Waals surface area contributed by atoms with Gasteiger partial charge in [-0.15, -0.1) is 0 Å². The van der Waals surface area contributed by atoms with E-state index < -0.39 is 6.10 Å². The van der Waals surface area contributed by atoms with Crippen molar-refractivity contribution in [3.8, 4) is 0 Å². The fourth-order valence-corrected chi connectivity index (χ4v) is 2.39. The van der Waals surface area contributed by atoms with Crippen molar-refractivity contribution in [2.75, 3.05) is 6.54 Å². The van der Waals surface area contributed by atoms with E-state index >= 15 is 0 Å².